The number of likely N-dealkylation sites (N-methyl/N-ethyl adjacent to an activating group) is 1. The van der Waals surface area contributed by atoms with Gasteiger partial charge in [0, 0.05) is 28.5 Å². The first-order chi connectivity index (χ1) is 7.24. The highest BCUT2D eigenvalue weighted by Crippen LogP contribution is 2.31. The third-order valence-corrected chi connectivity index (χ3v) is 3.64. The van der Waals surface area contributed by atoms with E-state index in [9.17, 15) is 0 Å². The molecule has 0 aliphatic rings. The van der Waals surface area contributed by atoms with Gasteiger partial charge in [-0.3, -0.25) is 0 Å². The van der Waals surface area contributed by atoms with Gasteiger partial charge in [-0.15, -0.1) is 0 Å². The molecule has 2 rings (SSSR count). The summed E-state index contributed by atoms with van der Waals surface area (Å²) >= 11 is 9.71. The molecule has 2 aromatic rings. The maximum Gasteiger partial charge on any atom is 0.0657 e. The largest absolute Gasteiger partial charge is 0.356 e. The predicted octanol–water partition coefficient (Wildman–Crippen LogP) is 3.35. The van der Waals surface area contributed by atoms with E-state index in [1.165, 1.54) is 5.69 Å². The quantitative estimate of drug-likeness (QED) is 0.890. The van der Waals surface area contributed by atoms with Crippen LogP contribution in [0.5, 0.6) is 0 Å². The van der Waals surface area contributed by atoms with Crippen molar-refractivity contribution >= 4 is 38.4 Å². The van der Waals surface area contributed by atoms with Crippen molar-refractivity contribution < 1.29 is 0 Å². The highest BCUT2D eigenvalue weighted by atomic mass is 79.9. The maximum atomic E-state index is 6.11. The van der Waals surface area contributed by atoms with Crippen LogP contribution in [0.3, 0.4) is 0 Å². The first-order valence-corrected chi connectivity index (χ1v) is 6.00. The highest BCUT2D eigenvalue weighted by Gasteiger charge is 2.10. The van der Waals surface area contributed by atoms with Crippen molar-refractivity contribution in [1.29, 1.82) is 0 Å². The summed E-state index contributed by atoms with van der Waals surface area (Å²) in [5, 5.41) is 5.04. The van der Waals surface area contributed by atoms with Gasteiger partial charge in [0.1, 0.15) is 0 Å². The summed E-state index contributed by atoms with van der Waals surface area (Å²) in [6.45, 7) is 0.947. The number of aromatic nitrogens is 1. The zero-order chi connectivity index (χ0) is 10.8. The fourth-order valence-electron chi connectivity index (χ4n) is 1.62. The number of rotatable bonds is 3. The SMILES string of the molecule is CNCCc1[nH]c2c(Cl)cccc2c1Br. The molecule has 0 amide bonds. The number of hydrogen-bond donors (Lipinski definition) is 2. The van der Waals surface area contributed by atoms with Gasteiger partial charge in [0.15, 0.2) is 0 Å². The van der Waals surface area contributed by atoms with Crippen LogP contribution in [-0.2, 0) is 6.42 Å². The van der Waals surface area contributed by atoms with Gasteiger partial charge in [-0.1, -0.05) is 23.7 Å². The molecule has 0 aliphatic heterocycles. The third kappa shape index (κ3) is 2.05. The van der Waals surface area contributed by atoms with Crippen molar-refractivity contribution in [2.45, 2.75) is 6.42 Å². The number of fused-ring (bicyclic) bond motifs is 1. The Bertz CT molecular complexity index is 479. The van der Waals surface area contributed by atoms with Crippen molar-refractivity contribution in [3.05, 3.63) is 33.4 Å². The van der Waals surface area contributed by atoms with E-state index in [1.54, 1.807) is 0 Å². The molecule has 0 atom stereocenters. The van der Waals surface area contributed by atoms with Crippen LogP contribution < -0.4 is 5.32 Å². The van der Waals surface area contributed by atoms with Gasteiger partial charge in [-0.2, -0.15) is 0 Å². The van der Waals surface area contributed by atoms with Gasteiger partial charge in [0.2, 0.25) is 0 Å². The van der Waals surface area contributed by atoms with Gasteiger partial charge < -0.3 is 10.3 Å². The van der Waals surface area contributed by atoms with Crippen molar-refractivity contribution in [1.82, 2.24) is 10.3 Å². The Labute approximate surface area is 102 Å². The molecule has 15 heavy (non-hydrogen) atoms. The van der Waals surface area contributed by atoms with E-state index in [-0.39, 0.29) is 0 Å². The van der Waals surface area contributed by atoms with Gasteiger partial charge in [-0.25, -0.2) is 0 Å². The molecule has 1 heterocycles. The normalized spacial score (nSPS) is 11.1. The monoisotopic (exact) mass is 286 g/mol. The molecule has 1 aromatic heterocycles. The zero-order valence-corrected chi connectivity index (χ0v) is 10.7. The van der Waals surface area contributed by atoms with Crippen LogP contribution in [0.15, 0.2) is 22.7 Å². The lowest BCUT2D eigenvalue weighted by Crippen LogP contribution is -2.10. The Morgan fingerprint density at radius 1 is 1.47 bits per heavy atom. The van der Waals surface area contributed by atoms with Crippen LogP contribution in [-0.4, -0.2) is 18.6 Å². The average molecular weight is 288 g/mol. The molecule has 0 saturated carbocycles. The molecule has 0 aliphatic carbocycles. The van der Waals surface area contributed by atoms with Crippen LogP contribution in [0.4, 0.5) is 0 Å². The Balaban J connectivity index is 2.49. The molecular weight excluding hydrogens is 275 g/mol. The van der Waals surface area contributed by atoms with E-state index in [2.05, 4.69) is 32.3 Å². The summed E-state index contributed by atoms with van der Waals surface area (Å²) in [6.07, 6.45) is 0.960. The van der Waals surface area contributed by atoms with Gasteiger partial charge >= 0.3 is 0 Å². The summed E-state index contributed by atoms with van der Waals surface area (Å²) in [5.74, 6) is 0. The van der Waals surface area contributed by atoms with Crippen molar-refractivity contribution in [2.24, 2.45) is 0 Å². The molecule has 1 aromatic carbocycles. The Hall–Kier alpha value is -0.510. The molecule has 4 heteroatoms. The van der Waals surface area contributed by atoms with Crippen molar-refractivity contribution in [3.63, 3.8) is 0 Å². The Kier molecular flexibility index (Phi) is 3.34. The molecule has 0 spiro atoms. The predicted molar refractivity (Wildman–Crippen MR) is 68.6 cm³/mol. The van der Waals surface area contributed by atoms with Crippen LogP contribution in [0.2, 0.25) is 5.02 Å². The van der Waals surface area contributed by atoms with E-state index < -0.39 is 0 Å². The molecule has 80 valence electrons. The van der Waals surface area contributed by atoms with Gasteiger partial charge in [0.25, 0.3) is 0 Å². The van der Waals surface area contributed by atoms with Crippen LogP contribution >= 0.6 is 27.5 Å². The number of para-hydroxylation sites is 1. The van der Waals surface area contributed by atoms with Crippen molar-refractivity contribution in [3.8, 4) is 0 Å². The number of H-pyrrole nitrogens is 1. The second-order valence-corrected chi connectivity index (χ2v) is 4.63. The molecule has 0 radical (unpaired) electrons. The zero-order valence-electron chi connectivity index (χ0n) is 8.40. The molecule has 2 nitrogen and oxygen atoms in total. The molecule has 0 bridgehead atoms. The average Bonchev–Trinajstić information content (AvgIpc) is 2.55. The summed E-state index contributed by atoms with van der Waals surface area (Å²) in [6, 6.07) is 5.92. The second kappa shape index (κ2) is 4.56. The van der Waals surface area contributed by atoms with E-state index in [1.807, 2.05) is 19.2 Å². The molecule has 2 N–H and O–H groups in total. The summed E-state index contributed by atoms with van der Waals surface area (Å²) in [4.78, 5) is 3.35. The summed E-state index contributed by atoms with van der Waals surface area (Å²) in [5.41, 5.74) is 2.20. The third-order valence-electron chi connectivity index (χ3n) is 2.42. The fraction of sp³-hybridized carbons (Fsp3) is 0.273. The topological polar surface area (TPSA) is 27.8 Å². The number of nitrogens with one attached hydrogen (secondary N) is 2. The minimum Gasteiger partial charge on any atom is -0.356 e. The van der Waals surface area contributed by atoms with Gasteiger partial charge in [-0.05, 0) is 29.0 Å². The minimum absolute atomic E-state index is 0.768. The number of halogens is 2. The second-order valence-electron chi connectivity index (χ2n) is 3.43. The number of benzene rings is 1. The maximum absolute atomic E-state index is 6.11. The smallest absolute Gasteiger partial charge is 0.0657 e. The summed E-state index contributed by atoms with van der Waals surface area (Å²) < 4.78 is 1.12. The number of hydrogen-bond acceptors (Lipinski definition) is 1. The standard InChI is InChI=1S/C11H12BrClN2/c1-14-6-5-9-10(12)7-3-2-4-8(13)11(7)15-9/h2-4,14-15H,5-6H2,1H3. The van der Waals surface area contributed by atoms with Crippen LogP contribution in [0.1, 0.15) is 5.69 Å². The van der Waals surface area contributed by atoms with E-state index in [0.717, 1.165) is 33.4 Å². The molecule has 0 fully saturated rings. The summed E-state index contributed by atoms with van der Waals surface area (Å²) in [7, 11) is 1.95. The molecule has 0 saturated heterocycles. The van der Waals surface area contributed by atoms with Crippen LogP contribution in [0.25, 0.3) is 10.9 Å². The van der Waals surface area contributed by atoms with Crippen LogP contribution in [0, 0.1) is 0 Å². The number of aromatic amines is 1. The fourth-order valence-corrected chi connectivity index (χ4v) is 2.47. The lowest BCUT2D eigenvalue weighted by Gasteiger charge is -1.97. The van der Waals surface area contributed by atoms with E-state index >= 15 is 0 Å². The Morgan fingerprint density at radius 3 is 2.93 bits per heavy atom. The van der Waals surface area contributed by atoms with E-state index in [0.29, 0.717) is 0 Å². The van der Waals surface area contributed by atoms with E-state index in [4.69, 9.17) is 11.6 Å². The first kappa shape index (κ1) is 11.0. The van der Waals surface area contributed by atoms with Gasteiger partial charge in [0.05, 0.1) is 10.5 Å². The highest BCUT2D eigenvalue weighted by molar-refractivity contribution is 9.10. The molecular formula is C11H12BrClN2. The minimum atomic E-state index is 0.768. The molecule has 0 unspecified atom stereocenters. The lowest BCUT2D eigenvalue weighted by atomic mass is 10.2. The first-order valence-electron chi connectivity index (χ1n) is 4.83. The van der Waals surface area contributed by atoms with Crippen molar-refractivity contribution in [2.75, 3.05) is 13.6 Å². The Morgan fingerprint density at radius 2 is 2.27 bits per heavy atom. The lowest BCUT2D eigenvalue weighted by molar-refractivity contribution is 0.779.